The molecule has 106 valence electrons. The molecule has 20 heavy (non-hydrogen) atoms. The maximum Gasteiger partial charge on any atom is 0.327 e. The summed E-state index contributed by atoms with van der Waals surface area (Å²) in [6.07, 6.45) is -0.0991. The Morgan fingerprint density at radius 1 is 1.35 bits per heavy atom. The summed E-state index contributed by atoms with van der Waals surface area (Å²) in [5.41, 5.74) is 0.993. The van der Waals surface area contributed by atoms with E-state index < -0.39 is 18.1 Å². The van der Waals surface area contributed by atoms with E-state index in [2.05, 4.69) is 5.32 Å². The van der Waals surface area contributed by atoms with Gasteiger partial charge in [0.2, 0.25) is 0 Å². The van der Waals surface area contributed by atoms with Gasteiger partial charge in [0.1, 0.15) is 11.8 Å². The smallest absolute Gasteiger partial charge is 0.327 e. The third kappa shape index (κ3) is 2.22. The fourth-order valence-corrected chi connectivity index (χ4v) is 2.69. The molecule has 1 amide bonds. The van der Waals surface area contributed by atoms with Gasteiger partial charge in [-0.15, -0.1) is 0 Å². The van der Waals surface area contributed by atoms with Crippen LogP contribution in [0.25, 0.3) is 0 Å². The zero-order valence-corrected chi connectivity index (χ0v) is 10.9. The highest BCUT2D eigenvalue weighted by atomic mass is 16.5. The largest absolute Gasteiger partial charge is 0.480 e. The van der Waals surface area contributed by atoms with E-state index >= 15 is 0 Å². The lowest BCUT2D eigenvalue weighted by Gasteiger charge is -2.34. The number of para-hydroxylation sites is 1. The van der Waals surface area contributed by atoms with Crippen molar-refractivity contribution in [3.8, 4) is 5.75 Å². The van der Waals surface area contributed by atoms with Crippen molar-refractivity contribution in [2.24, 2.45) is 0 Å². The SMILES string of the molecule is O=C(O)C1CNCCN1C(=O)C1Cc2ccccc2O1. The van der Waals surface area contributed by atoms with Crippen LogP contribution in [0.4, 0.5) is 0 Å². The van der Waals surface area contributed by atoms with Gasteiger partial charge in [-0.05, 0) is 11.6 Å². The Labute approximate surface area is 116 Å². The van der Waals surface area contributed by atoms with Crippen molar-refractivity contribution in [2.75, 3.05) is 19.6 Å². The molecular weight excluding hydrogens is 260 g/mol. The molecule has 0 radical (unpaired) electrons. The van der Waals surface area contributed by atoms with Crippen molar-refractivity contribution in [1.29, 1.82) is 0 Å². The Kier molecular flexibility index (Phi) is 3.31. The number of carboxylic acids is 1. The quantitative estimate of drug-likeness (QED) is 0.787. The van der Waals surface area contributed by atoms with Crippen LogP contribution in [0.15, 0.2) is 24.3 Å². The van der Waals surface area contributed by atoms with Gasteiger partial charge in [-0.2, -0.15) is 0 Å². The number of rotatable bonds is 2. The van der Waals surface area contributed by atoms with Gasteiger partial charge < -0.3 is 20.1 Å². The topological polar surface area (TPSA) is 78.9 Å². The predicted molar refractivity (Wildman–Crippen MR) is 70.6 cm³/mol. The van der Waals surface area contributed by atoms with Crippen molar-refractivity contribution in [1.82, 2.24) is 10.2 Å². The van der Waals surface area contributed by atoms with Crippen LogP contribution < -0.4 is 10.1 Å². The molecule has 1 aromatic carbocycles. The number of carboxylic acid groups (broad SMARTS) is 1. The van der Waals surface area contributed by atoms with E-state index in [4.69, 9.17) is 4.74 Å². The Morgan fingerprint density at radius 2 is 2.15 bits per heavy atom. The van der Waals surface area contributed by atoms with Crippen molar-refractivity contribution < 1.29 is 19.4 Å². The number of piperazine rings is 1. The number of benzene rings is 1. The molecule has 6 nitrogen and oxygen atoms in total. The van der Waals surface area contributed by atoms with E-state index in [0.717, 1.165) is 5.56 Å². The molecule has 2 unspecified atom stereocenters. The van der Waals surface area contributed by atoms with Gasteiger partial charge in [-0.25, -0.2) is 4.79 Å². The monoisotopic (exact) mass is 276 g/mol. The minimum atomic E-state index is -0.985. The maximum absolute atomic E-state index is 12.5. The number of carbonyl (C=O) groups is 2. The molecule has 1 saturated heterocycles. The second-order valence-corrected chi connectivity index (χ2v) is 5.01. The summed E-state index contributed by atoms with van der Waals surface area (Å²) < 4.78 is 5.65. The molecule has 2 aliphatic heterocycles. The highest BCUT2D eigenvalue weighted by molar-refractivity contribution is 5.87. The number of ether oxygens (including phenoxy) is 1. The van der Waals surface area contributed by atoms with Crippen LogP contribution in [0, 0.1) is 0 Å². The normalized spacial score (nSPS) is 24.9. The fraction of sp³-hybridized carbons (Fsp3) is 0.429. The number of hydrogen-bond donors (Lipinski definition) is 2. The number of carbonyl (C=O) groups excluding carboxylic acids is 1. The number of nitrogens with zero attached hydrogens (tertiary/aromatic N) is 1. The molecule has 0 bridgehead atoms. The number of nitrogens with one attached hydrogen (secondary N) is 1. The van der Waals surface area contributed by atoms with Gasteiger partial charge in [0, 0.05) is 26.1 Å². The molecule has 2 aliphatic rings. The number of aliphatic carboxylic acids is 1. The molecule has 0 aliphatic carbocycles. The first kappa shape index (κ1) is 12.9. The van der Waals surface area contributed by atoms with Crippen LogP contribution in [-0.4, -0.2) is 53.7 Å². The molecule has 2 atom stereocenters. The van der Waals surface area contributed by atoms with E-state index in [1.165, 1.54) is 4.90 Å². The molecule has 0 saturated carbocycles. The van der Waals surface area contributed by atoms with Crippen LogP contribution in [0.5, 0.6) is 5.75 Å². The van der Waals surface area contributed by atoms with Gasteiger partial charge in [-0.1, -0.05) is 18.2 Å². The first-order chi connectivity index (χ1) is 9.66. The van der Waals surface area contributed by atoms with Crippen LogP contribution in [-0.2, 0) is 16.0 Å². The van der Waals surface area contributed by atoms with Gasteiger partial charge in [0.25, 0.3) is 5.91 Å². The summed E-state index contributed by atoms with van der Waals surface area (Å²) in [4.78, 5) is 25.1. The second-order valence-electron chi connectivity index (χ2n) is 5.01. The molecule has 0 spiro atoms. The van der Waals surface area contributed by atoms with Crippen molar-refractivity contribution in [3.63, 3.8) is 0 Å². The number of fused-ring (bicyclic) bond motifs is 1. The van der Waals surface area contributed by atoms with Crippen LogP contribution in [0.1, 0.15) is 5.56 Å². The van der Waals surface area contributed by atoms with Crippen LogP contribution in [0.2, 0.25) is 0 Å². The summed E-state index contributed by atoms with van der Waals surface area (Å²) in [6.45, 7) is 1.28. The Balaban J connectivity index is 1.75. The lowest BCUT2D eigenvalue weighted by Crippen LogP contribution is -2.59. The standard InChI is InChI=1S/C14H16N2O4/c17-13(16-6-5-15-8-10(16)14(18)19)12-7-9-3-1-2-4-11(9)20-12/h1-4,10,12,15H,5-8H2,(H,18,19). The maximum atomic E-state index is 12.5. The number of amides is 1. The third-order valence-electron chi connectivity index (χ3n) is 3.73. The molecule has 1 fully saturated rings. The molecule has 6 heteroatoms. The van der Waals surface area contributed by atoms with Gasteiger partial charge in [0.05, 0.1) is 0 Å². The first-order valence-corrected chi connectivity index (χ1v) is 6.65. The zero-order chi connectivity index (χ0) is 14.1. The van der Waals surface area contributed by atoms with E-state index in [0.29, 0.717) is 25.3 Å². The third-order valence-corrected chi connectivity index (χ3v) is 3.73. The Hall–Kier alpha value is -2.08. The second kappa shape index (κ2) is 5.13. The number of hydrogen-bond acceptors (Lipinski definition) is 4. The van der Waals surface area contributed by atoms with E-state index in [1.807, 2.05) is 24.3 Å². The highest BCUT2D eigenvalue weighted by Gasteiger charge is 2.38. The molecule has 2 heterocycles. The summed E-state index contributed by atoms with van der Waals surface area (Å²) in [6, 6.07) is 6.70. The zero-order valence-electron chi connectivity index (χ0n) is 10.9. The summed E-state index contributed by atoms with van der Waals surface area (Å²) in [7, 11) is 0. The average molecular weight is 276 g/mol. The minimum absolute atomic E-state index is 0.241. The van der Waals surface area contributed by atoms with Crippen molar-refractivity contribution in [3.05, 3.63) is 29.8 Å². The van der Waals surface area contributed by atoms with Gasteiger partial charge in [0.15, 0.2) is 6.10 Å². The lowest BCUT2D eigenvalue weighted by atomic mass is 10.1. The lowest BCUT2D eigenvalue weighted by molar-refractivity contribution is -0.154. The molecule has 2 N–H and O–H groups in total. The predicted octanol–water partition coefficient (Wildman–Crippen LogP) is -0.125. The Morgan fingerprint density at radius 3 is 2.90 bits per heavy atom. The van der Waals surface area contributed by atoms with Gasteiger partial charge in [-0.3, -0.25) is 4.79 Å². The molecule has 1 aromatic rings. The molecule has 3 rings (SSSR count). The van der Waals surface area contributed by atoms with Crippen LogP contribution in [0.3, 0.4) is 0 Å². The first-order valence-electron chi connectivity index (χ1n) is 6.65. The van der Waals surface area contributed by atoms with E-state index in [1.54, 1.807) is 0 Å². The Bertz CT molecular complexity index is 521. The van der Waals surface area contributed by atoms with Crippen molar-refractivity contribution >= 4 is 11.9 Å². The van der Waals surface area contributed by atoms with Crippen molar-refractivity contribution in [2.45, 2.75) is 18.6 Å². The van der Waals surface area contributed by atoms with Crippen LogP contribution >= 0.6 is 0 Å². The summed E-state index contributed by atoms with van der Waals surface area (Å²) >= 11 is 0. The van der Waals surface area contributed by atoms with Gasteiger partial charge >= 0.3 is 5.97 Å². The van der Waals surface area contributed by atoms with E-state index in [9.17, 15) is 14.7 Å². The molecule has 0 aromatic heterocycles. The molecular formula is C14H16N2O4. The average Bonchev–Trinajstić information content (AvgIpc) is 2.90. The minimum Gasteiger partial charge on any atom is -0.480 e. The van der Waals surface area contributed by atoms with E-state index in [-0.39, 0.29) is 12.5 Å². The summed E-state index contributed by atoms with van der Waals surface area (Å²) in [5, 5.41) is 12.2. The fourth-order valence-electron chi connectivity index (χ4n) is 2.69. The summed E-state index contributed by atoms with van der Waals surface area (Å²) in [5.74, 6) is -0.510. The highest BCUT2D eigenvalue weighted by Crippen LogP contribution is 2.29.